The van der Waals surface area contributed by atoms with Crippen molar-refractivity contribution in [2.45, 2.75) is 20.3 Å². The van der Waals surface area contributed by atoms with E-state index in [1.54, 1.807) is 7.11 Å². The number of hydrogen-bond acceptors (Lipinski definition) is 3. The third-order valence-corrected chi connectivity index (χ3v) is 2.62. The van der Waals surface area contributed by atoms with Crippen LogP contribution in [-0.2, 0) is 11.2 Å². The van der Waals surface area contributed by atoms with Gasteiger partial charge in [0, 0.05) is 6.54 Å². The lowest BCUT2D eigenvalue weighted by Gasteiger charge is -2.10. The Morgan fingerprint density at radius 2 is 2.06 bits per heavy atom. The molecule has 0 aromatic heterocycles. The number of ether oxygens (including phenoxy) is 2. The average Bonchev–Trinajstić information content (AvgIpc) is 2.34. The summed E-state index contributed by atoms with van der Waals surface area (Å²) in [5.74, 6) is 0.950. The molecule has 0 saturated carbocycles. The Balaban J connectivity index is 2.32. The fourth-order valence-electron chi connectivity index (χ4n) is 1.71. The van der Waals surface area contributed by atoms with E-state index in [1.807, 2.05) is 6.07 Å². The van der Waals surface area contributed by atoms with E-state index in [1.165, 1.54) is 11.1 Å². The van der Waals surface area contributed by atoms with Gasteiger partial charge in [0.1, 0.15) is 5.75 Å². The van der Waals surface area contributed by atoms with Crippen molar-refractivity contribution >= 4 is 0 Å². The zero-order valence-corrected chi connectivity index (χ0v) is 11.1. The highest BCUT2D eigenvalue weighted by Crippen LogP contribution is 2.19. The average molecular weight is 237 g/mol. The van der Waals surface area contributed by atoms with Gasteiger partial charge >= 0.3 is 0 Å². The van der Waals surface area contributed by atoms with E-state index in [4.69, 9.17) is 9.47 Å². The number of nitrogens with one attached hydrogen (secondary N) is 1. The van der Waals surface area contributed by atoms with E-state index < -0.39 is 0 Å². The first-order chi connectivity index (χ1) is 8.27. The molecule has 1 N–H and O–H groups in total. The summed E-state index contributed by atoms with van der Waals surface area (Å²) in [6.07, 6.45) is 0.900. The van der Waals surface area contributed by atoms with Crippen LogP contribution < -0.4 is 10.1 Å². The molecule has 3 heteroatoms. The summed E-state index contributed by atoms with van der Waals surface area (Å²) >= 11 is 0. The summed E-state index contributed by atoms with van der Waals surface area (Å²) in [6.45, 7) is 7.61. The van der Waals surface area contributed by atoms with Gasteiger partial charge in [-0.15, -0.1) is 0 Å². The number of aryl methyl sites for hydroxylation is 1. The van der Waals surface area contributed by atoms with Crippen molar-refractivity contribution in [2.75, 3.05) is 33.4 Å². The minimum Gasteiger partial charge on any atom is -0.496 e. The topological polar surface area (TPSA) is 30.5 Å². The number of rotatable bonds is 8. The molecule has 0 aliphatic rings. The summed E-state index contributed by atoms with van der Waals surface area (Å²) in [5.41, 5.74) is 2.48. The molecule has 0 heterocycles. The Hall–Kier alpha value is -1.06. The molecule has 96 valence electrons. The van der Waals surface area contributed by atoms with E-state index in [9.17, 15) is 0 Å². The lowest BCUT2D eigenvalue weighted by Crippen LogP contribution is -2.19. The van der Waals surface area contributed by atoms with Crippen molar-refractivity contribution in [3.8, 4) is 5.75 Å². The van der Waals surface area contributed by atoms with Crippen molar-refractivity contribution in [3.05, 3.63) is 29.3 Å². The predicted molar refractivity (Wildman–Crippen MR) is 70.8 cm³/mol. The SMILES string of the molecule is CCNCCOCCc1cc(C)ccc1OC. The van der Waals surface area contributed by atoms with E-state index in [0.717, 1.165) is 38.5 Å². The normalized spacial score (nSPS) is 10.5. The van der Waals surface area contributed by atoms with Crippen LogP contribution in [0.4, 0.5) is 0 Å². The Morgan fingerprint density at radius 3 is 2.76 bits per heavy atom. The molecule has 0 aliphatic heterocycles. The number of methoxy groups -OCH3 is 1. The second kappa shape index (κ2) is 8.09. The van der Waals surface area contributed by atoms with Gasteiger partial charge in [-0.25, -0.2) is 0 Å². The van der Waals surface area contributed by atoms with E-state index in [2.05, 4.69) is 31.3 Å². The molecule has 0 radical (unpaired) electrons. The highest BCUT2D eigenvalue weighted by molar-refractivity contribution is 5.36. The standard InChI is InChI=1S/C14H23NO2/c1-4-15-8-10-17-9-7-13-11-12(2)5-6-14(13)16-3/h5-6,11,15H,4,7-10H2,1-3H3. The second-order valence-electron chi connectivity index (χ2n) is 4.03. The lowest BCUT2D eigenvalue weighted by molar-refractivity contribution is 0.139. The van der Waals surface area contributed by atoms with Crippen LogP contribution in [0.15, 0.2) is 18.2 Å². The van der Waals surface area contributed by atoms with Crippen molar-refractivity contribution < 1.29 is 9.47 Å². The van der Waals surface area contributed by atoms with Gasteiger partial charge in [-0.1, -0.05) is 24.6 Å². The van der Waals surface area contributed by atoms with E-state index >= 15 is 0 Å². The van der Waals surface area contributed by atoms with Gasteiger partial charge in [-0.2, -0.15) is 0 Å². The minimum absolute atomic E-state index is 0.741. The van der Waals surface area contributed by atoms with E-state index in [-0.39, 0.29) is 0 Å². The summed E-state index contributed by atoms with van der Waals surface area (Å²) in [7, 11) is 1.71. The number of likely N-dealkylation sites (N-methyl/N-ethyl adjacent to an activating group) is 1. The molecule has 0 amide bonds. The van der Waals surface area contributed by atoms with Crippen molar-refractivity contribution in [3.63, 3.8) is 0 Å². The summed E-state index contributed by atoms with van der Waals surface area (Å²) in [6, 6.07) is 6.24. The fourth-order valence-corrected chi connectivity index (χ4v) is 1.71. The van der Waals surface area contributed by atoms with Gasteiger partial charge < -0.3 is 14.8 Å². The Morgan fingerprint density at radius 1 is 1.24 bits per heavy atom. The minimum atomic E-state index is 0.741. The maximum atomic E-state index is 5.56. The number of hydrogen-bond donors (Lipinski definition) is 1. The molecule has 1 aromatic rings. The zero-order chi connectivity index (χ0) is 12.5. The van der Waals surface area contributed by atoms with Crippen LogP contribution in [0.2, 0.25) is 0 Å². The highest BCUT2D eigenvalue weighted by Gasteiger charge is 2.02. The van der Waals surface area contributed by atoms with Crippen LogP contribution in [0.5, 0.6) is 5.75 Å². The highest BCUT2D eigenvalue weighted by atomic mass is 16.5. The van der Waals surface area contributed by atoms with Gasteiger partial charge in [0.2, 0.25) is 0 Å². The molecular formula is C14H23NO2. The largest absolute Gasteiger partial charge is 0.496 e. The van der Waals surface area contributed by atoms with Gasteiger partial charge in [0.25, 0.3) is 0 Å². The Labute approximate surface area is 104 Å². The summed E-state index contributed by atoms with van der Waals surface area (Å²) in [4.78, 5) is 0. The van der Waals surface area contributed by atoms with Crippen LogP contribution in [0.1, 0.15) is 18.1 Å². The summed E-state index contributed by atoms with van der Waals surface area (Å²) < 4.78 is 10.9. The van der Waals surface area contributed by atoms with Crippen LogP contribution in [-0.4, -0.2) is 33.4 Å². The van der Waals surface area contributed by atoms with Crippen molar-refractivity contribution in [2.24, 2.45) is 0 Å². The van der Waals surface area contributed by atoms with Gasteiger partial charge in [-0.05, 0) is 31.5 Å². The molecule has 0 bridgehead atoms. The van der Waals surface area contributed by atoms with Gasteiger partial charge in [0.15, 0.2) is 0 Å². The maximum Gasteiger partial charge on any atom is 0.122 e. The molecule has 0 saturated heterocycles. The molecule has 0 unspecified atom stereocenters. The smallest absolute Gasteiger partial charge is 0.122 e. The third-order valence-electron chi connectivity index (χ3n) is 2.62. The van der Waals surface area contributed by atoms with Crippen molar-refractivity contribution in [1.82, 2.24) is 5.32 Å². The fraction of sp³-hybridized carbons (Fsp3) is 0.571. The summed E-state index contributed by atoms with van der Waals surface area (Å²) in [5, 5.41) is 3.23. The molecular weight excluding hydrogens is 214 g/mol. The molecule has 3 nitrogen and oxygen atoms in total. The zero-order valence-electron chi connectivity index (χ0n) is 11.1. The first kappa shape index (κ1) is 14.0. The van der Waals surface area contributed by atoms with Crippen molar-refractivity contribution in [1.29, 1.82) is 0 Å². The van der Waals surface area contributed by atoms with Gasteiger partial charge in [0.05, 0.1) is 20.3 Å². The van der Waals surface area contributed by atoms with Crippen LogP contribution in [0, 0.1) is 6.92 Å². The van der Waals surface area contributed by atoms with Crippen LogP contribution in [0.3, 0.4) is 0 Å². The first-order valence-corrected chi connectivity index (χ1v) is 6.20. The lowest BCUT2D eigenvalue weighted by atomic mass is 10.1. The van der Waals surface area contributed by atoms with Gasteiger partial charge in [-0.3, -0.25) is 0 Å². The second-order valence-corrected chi connectivity index (χ2v) is 4.03. The predicted octanol–water partition coefficient (Wildman–Crippen LogP) is 2.17. The monoisotopic (exact) mass is 237 g/mol. The number of benzene rings is 1. The molecule has 0 spiro atoms. The van der Waals surface area contributed by atoms with Crippen LogP contribution in [0.25, 0.3) is 0 Å². The molecule has 0 aliphatic carbocycles. The van der Waals surface area contributed by atoms with Crippen LogP contribution >= 0.6 is 0 Å². The Bertz CT molecular complexity index is 326. The third kappa shape index (κ3) is 5.20. The molecule has 0 fully saturated rings. The quantitative estimate of drug-likeness (QED) is 0.703. The molecule has 1 rings (SSSR count). The van der Waals surface area contributed by atoms with E-state index in [0.29, 0.717) is 0 Å². The maximum absolute atomic E-state index is 5.56. The molecule has 0 atom stereocenters. The first-order valence-electron chi connectivity index (χ1n) is 6.20. The molecule has 17 heavy (non-hydrogen) atoms. The Kier molecular flexibility index (Phi) is 6.67. The molecule has 1 aromatic carbocycles.